The Kier molecular flexibility index (Phi) is 6.88. The molecule has 2 aliphatic carbocycles. The highest BCUT2D eigenvalue weighted by Gasteiger charge is 2.52. The van der Waals surface area contributed by atoms with Crippen molar-refractivity contribution < 1.29 is 9.31 Å². The minimum absolute atomic E-state index is 0.263. The zero-order valence-electron chi connectivity index (χ0n) is 28.7. The number of fused-ring (bicyclic) bond motifs is 5. The van der Waals surface area contributed by atoms with Crippen LogP contribution in [0.2, 0.25) is 0 Å². The smallest absolute Gasteiger partial charge is 0.399 e. The summed E-state index contributed by atoms with van der Waals surface area (Å²) in [6.45, 7) is 8.39. The molecule has 0 saturated carbocycles. The second-order valence-electron chi connectivity index (χ2n) is 14.9. The number of allylic oxidation sites excluding steroid dienone is 4. The number of para-hydroxylation sites is 1. The molecule has 0 spiro atoms. The Morgan fingerprint density at radius 1 is 0.694 bits per heavy atom. The summed E-state index contributed by atoms with van der Waals surface area (Å²) in [6, 6.07) is 44.4. The van der Waals surface area contributed by atoms with E-state index in [-0.39, 0.29) is 16.6 Å². The summed E-state index contributed by atoms with van der Waals surface area (Å²) in [5, 5.41) is 3.60. The number of hydrogen-bond acceptors (Lipinski definition) is 3. The molecule has 0 amide bonds. The third-order valence-electron chi connectivity index (χ3n) is 11.6. The maximum atomic E-state index is 6.37. The van der Waals surface area contributed by atoms with E-state index in [4.69, 9.17) is 14.3 Å². The standard InChI is InChI=1S/C45H40BNO2/c1-43(2)44(3,4)49-46(48-43)33-25-23-31(24-26-33)42-38-27-37-34-19-11-13-21-39(34)45(32-17-9-6-10-18-32,29-30-15-7-5-8-16-30)40(37)28-36(38)35-20-12-14-22-41(35)47-42/h5-12,14-20,22-28H,13,21,29H2,1-4H3. The summed E-state index contributed by atoms with van der Waals surface area (Å²) in [7, 11) is -0.400. The first-order valence-corrected chi connectivity index (χ1v) is 17.6. The van der Waals surface area contributed by atoms with Crippen LogP contribution in [0.4, 0.5) is 0 Å². The van der Waals surface area contributed by atoms with Gasteiger partial charge < -0.3 is 9.31 Å². The van der Waals surface area contributed by atoms with Crippen molar-refractivity contribution in [1.82, 2.24) is 4.98 Å². The molecule has 1 atom stereocenters. The summed E-state index contributed by atoms with van der Waals surface area (Å²) in [5.74, 6) is 0. The Hall–Kier alpha value is -4.77. The lowest BCUT2D eigenvalue weighted by Crippen LogP contribution is -2.41. The van der Waals surface area contributed by atoms with Gasteiger partial charge in [0.25, 0.3) is 0 Å². The predicted octanol–water partition coefficient (Wildman–Crippen LogP) is 10.0. The van der Waals surface area contributed by atoms with Gasteiger partial charge in [-0.2, -0.15) is 0 Å². The van der Waals surface area contributed by atoms with Gasteiger partial charge in [0.15, 0.2) is 0 Å². The quantitative estimate of drug-likeness (QED) is 0.139. The van der Waals surface area contributed by atoms with Crippen molar-refractivity contribution in [2.75, 3.05) is 0 Å². The fourth-order valence-corrected chi connectivity index (χ4v) is 8.35. The van der Waals surface area contributed by atoms with Crippen LogP contribution in [0, 0.1) is 0 Å². The number of benzene rings is 5. The average Bonchev–Trinajstić information content (AvgIpc) is 3.53. The predicted molar refractivity (Wildman–Crippen MR) is 203 cm³/mol. The normalized spacial score (nSPS) is 20.6. The topological polar surface area (TPSA) is 31.4 Å². The molecule has 9 rings (SSSR count). The summed E-state index contributed by atoms with van der Waals surface area (Å²) in [5.41, 5.74) is 11.4. The molecule has 3 aliphatic rings. The van der Waals surface area contributed by atoms with Crippen LogP contribution in [0.3, 0.4) is 0 Å². The van der Waals surface area contributed by atoms with Crippen LogP contribution in [-0.4, -0.2) is 23.3 Å². The Morgan fingerprint density at radius 2 is 1.37 bits per heavy atom. The average molecular weight is 638 g/mol. The Morgan fingerprint density at radius 3 is 2.10 bits per heavy atom. The van der Waals surface area contributed by atoms with E-state index in [1.54, 1.807) is 0 Å². The van der Waals surface area contributed by atoms with E-state index in [1.165, 1.54) is 49.6 Å². The number of aromatic nitrogens is 1. The van der Waals surface area contributed by atoms with Gasteiger partial charge in [0.05, 0.1) is 22.4 Å². The molecule has 4 heteroatoms. The van der Waals surface area contributed by atoms with E-state index in [1.807, 2.05) is 0 Å². The van der Waals surface area contributed by atoms with Gasteiger partial charge in [-0.3, -0.25) is 0 Å². The molecule has 1 saturated heterocycles. The zero-order valence-corrected chi connectivity index (χ0v) is 28.7. The van der Waals surface area contributed by atoms with Crippen molar-refractivity contribution in [3.05, 3.63) is 161 Å². The third kappa shape index (κ3) is 4.69. The van der Waals surface area contributed by atoms with Crippen LogP contribution in [0.5, 0.6) is 0 Å². The van der Waals surface area contributed by atoms with Gasteiger partial charge in [0.1, 0.15) is 0 Å². The van der Waals surface area contributed by atoms with Gasteiger partial charge in [-0.1, -0.05) is 115 Å². The first-order chi connectivity index (χ1) is 23.7. The molecule has 49 heavy (non-hydrogen) atoms. The highest BCUT2D eigenvalue weighted by molar-refractivity contribution is 6.62. The number of nitrogens with zero attached hydrogens (tertiary/aromatic N) is 1. The minimum Gasteiger partial charge on any atom is -0.399 e. The van der Waals surface area contributed by atoms with E-state index in [0.29, 0.717) is 0 Å². The maximum Gasteiger partial charge on any atom is 0.494 e. The largest absolute Gasteiger partial charge is 0.494 e. The van der Waals surface area contributed by atoms with Crippen LogP contribution in [0.1, 0.15) is 62.8 Å². The van der Waals surface area contributed by atoms with Crippen LogP contribution >= 0.6 is 0 Å². The molecule has 240 valence electrons. The summed E-state index contributed by atoms with van der Waals surface area (Å²) in [6.07, 6.45) is 7.75. The van der Waals surface area contributed by atoms with Gasteiger partial charge in [-0.25, -0.2) is 4.98 Å². The van der Waals surface area contributed by atoms with E-state index in [0.717, 1.165) is 41.5 Å². The lowest BCUT2D eigenvalue weighted by atomic mass is 9.66. The van der Waals surface area contributed by atoms with Gasteiger partial charge in [-0.15, -0.1) is 0 Å². The zero-order chi connectivity index (χ0) is 33.4. The molecule has 0 bridgehead atoms. The highest BCUT2D eigenvalue weighted by Crippen LogP contribution is 2.56. The first-order valence-electron chi connectivity index (χ1n) is 17.6. The van der Waals surface area contributed by atoms with Crippen LogP contribution < -0.4 is 5.46 Å². The second kappa shape index (κ2) is 11.1. The fourth-order valence-electron chi connectivity index (χ4n) is 8.35. The monoisotopic (exact) mass is 637 g/mol. The highest BCUT2D eigenvalue weighted by atomic mass is 16.7. The van der Waals surface area contributed by atoms with Gasteiger partial charge in [-0.05, 0) is 109 Å². The number of hydrogen-bond donors (Lipinski definition) is 0. The van der Waals surface area contributed by atoms with Crippen LogP contribution in [0.25, 0.3) is 38.5 Å². The lowest BCUT2D eigenvalue weighted by molar-refractivity contribution is 0.00578. The summed E-state index contributed by atoms with van der Waals surface area (Å²) in [4.78, 5) is 5.34. The maximum absolute atomic E-state index is 6.37. The first kappa shape index (κ1) is 30.3. The summed E-state index contributed by atoms with van der Waals surface area (Å²) < 4.78 is 12.7. The molecule has 0 radical (unpaired) electrons. The van der Waals surface area contributed by atoms with Gasteiger partial charge >= 0.3 is 7.12 Å². The Balaban J connectivity index is 1.27. The molecule has 1 unspecified atom stereocenters. The van der Waals surface area contributed by atoms with Crippen molar-refractivity contribution in [3.8, 4) is 11.3 Å². The van der Waals surface area contributed by atoms with Gasteiger partial charge in [0, 0.05) is 21.8 Å². The molecule has 6 aromatic rings. The molecule has 2 heterocycles. The van der Waals surface area contributed by atoms with Crippen molar-refractivity contribution in [1.29, 1.82) is 0 Å². The van der Waals surface area contributed by atoms with Crippen molar-refractivity contribution in [2.45, 2.75) is 63.6 Å². The second-order valence-corrected chi connectivity index (χ2v) is 14.9. The molecule has 1 aliphatic heterocycles. The van der Waals surface area contributed by atoms with Crippen molar-refractivity contribution in [2.24, 2.45) is 0 Å². The number of pyridine rings is 1. The van der Waals surface area contributed by atoms with E-state index in [9.17, 15) is 0 Å². The minimum atomic E-state index is -0.400. The van der Waals surface area contributed by atoms with E-state index in [2.05, 4.69) is 161 Å². The van der Waals surface area contributed by atoms with Crippen molar-refractivity contribution in [3.63, 3.8) is 0 Å². The Bertz CT molecular complexity index is 2290. The molecule has 1 fully saturated rings. The molecular weight excluding hydrogens is 597 g/mol. The number of rotatable bonds is 5. The van der Waals surface area contributed by atoms with E-state index < -0.39 is 7.12 Å². The molecule has 1 aromatic heterocycles. The summed E-state index contributed by atoms with van der Waals surface area (Å²) >= 11 is 0. The van der Waals surface area contributed by atoms with Crippen LogP contribution in [-0.2, 0) is 21.1 Å². The molecule has 3 nitrogen and oxygen atoms in total. The van der Waals surface area contributed by atoms with Crippen molar-refractivity contribution >= 4 is 39.8 Å². The molecular formula is C45H40BNO2. The molecule has 0 N–H and O–H groups in total. The Labute approximate surface area is 289 Å². The lowest BCUT2D eigenvalue weighted by Gasteiger charge is -2.36. The fraction of sp³-hybridized carbons (Fsp3) is 0.222. The molecule has 5 aromatic carbocycles. The van der Waals surface area contributed by atoms with Crippen LogP contribution in [0.15, 0.2) is 139 Å². The SMILES string of the molecule is CC1(C)OB(c2ccc(-c3nc4ccccc4c4cc5c(cc34)C3=C(CCC=C3)C5(Cc3ccccc3)c3ccccc3)cc2)OC1(C)C. The van der Waals surface area contributed by atoms with Gasteiger partial charge in [0.2, 0.25) is 0 Å². The van der Waals surface area contributed by atoms with E-state index >= 15 is 0 Å². The third-order valence-corrected chi connectivity index (χ3v) is 11.6.